The minimum absolute atomic E-state index is 0.0376. The summed E-state index contributed by atoms with van der Waals surface area (Å²) < 4.78 is 12.6. The van der Waals surface area contributed by atoms with Gasteiger partial charge in [-0.3, -0.25) is 4.79 Å². The number of thioether (sulfide) groups is 1. The minimum Gasteiger partial charge on any atom is -0.494 e. The van der Waals surface area contributed by atoms with Crippen molar-refractivity contribution < 1.29 is 13.9 Å². The number of rotatable bonds is 7. The quantitative estimate of drug-likeness (QED) is 0.473. The molecule has 0 aliphatic carbocycles. The third-order valence-corrected chi connectivity index (χ3v) is 4.81. The van der Waals surface area contributed by atoms with Crippen LogP contribution < -0.4 is 4.74 Å². The molecule has 0 saturated heterocycles. The average Bonchev–Trinajstić information content (AvgIpc) is 3.26. The number of hydrogen-bond acceptors (Lipinski definition) is 6. The fourth-order valence-electron chi connectivity index (χ4n) is 2.37. The molecular formula is C18H19N3O3S. The van der Waals surface area contributed by atoms with Crippen LogP contribution in [0.5, 0.6) is 5.75 Å². The maximum Gasteiger partial charge on any atom is 0.200 e. The van der Waals surface area contributed by atoms with Crippen molar-refractivity contribution in [1.82, 2.24) is 14.8 Å². The second kappa shape index (κ2) is 7.57. The highest BCUT2D eigenvalue weighted by molar-refractivity contribution is 8.00. The molecule has 0 N–H and O–H groups in total. The number of aromatic nitrogens is 3. The molecule has 130 valence electrons. The Balaban J connectivity index is 1.71. The number of carbonyl (C=O) groups excluding carboxylic acids is 1. The van der Waals surface area contributed by atoms with Crippen molar-refractivity contribution in [3.8, 4) is 17.3 Å². The lowest BCUT2D eigenvalue weighted by molar-refractivity contribution is 0.0994. The Labute approximate surface area is 150 Å². The number of ketones is 1. The molecule has 3 aromatic rings. The van der Waals surface area contributed by atoms with Crippen LogP contribution >= 0.6 is 11.8 Å². The van der Waals surface area contributed by atoms with E-state index in [9.17, 15) is 4.79 Å². The Morgan fingerprint density at radius 1 is 1.28 bits per heavy atom. The molecule has 0 aliphatic rings. The van der Waals surface area contributed by atoms with Gasteiger partial charge in [0, 0.05) is 12.6 Å². The summed E-state index contributed by atoms with van der Waals surface area (Å²) in [4.78, 5) is 12.6. The third kappa shape index (κ3) is 3.76. The zero-order chi connectivity index (χ0) is 17.8. The summed E-state index contributed by atoms with van der Waals surface area (Å²) in [7, 11) is 1.86. The summed E-state index contributed by atoms with van der Waals surface area (Å²) in [5.74, 6) is 2.08. The van der Waals surface area contributed by atoms with Crippen LogP contribution in [0, 0.1) is 0 Å². The van der Waals surface area contributed by atoms with E-state index in [4.69, 9.17) is 9.15 Å². The molecule has 0 spiro atoms. The van der Waals surface area contributed by atoms with Gasteiger partial charge in [-0.1, -0.05) is 11.8 Å². The maximum atomic E-state index is 12.6. The predicted octanol–water partition coefficient (Wildman–Crippen LogP) is 3.84. The third-order valence-electron chi connectivity index (χ3n) is 3.68. The lowest BCUT2D eigenvalue weighted by Gasteiger charge is -2.10. The first-order chi connectivity index (χ1) is 12.1. The predicted molar refractivity (Wildman–Crippen MR) is 96.0 cm³/mol. The van der Waals surface area contributed by atoms with E-state index in [1.807, 2.05) is 43.7 Å². The van der Waals surface area contributed by atoms with Gasteiger partial charge in [-0.05, 0) is 50.2 Å². The van der Waals surface area contributed by atoms with E-state index >= 15 is 0 Å². The summed E-state index contributed by atoms with van der Waals surface area (Å²) in [6, 6.07) is 10.8. The first-order valence-electron chi connectivity index (χ1n) is 7.97. The van der Waals surface area contributed by atoms with Gasteiger partial charge < -0.3 is 13.7 Å². The zero-order valence-corrected chi connectivity index (χ0v) is 15.1. The fourth-order valence-corrected chi connectivity index (χ4v) is 3.26. The fraction of sp³-hybridized carbons (Fsp3) is 0.278. The highest BCUT2D eigenvalue weighted by Crippen LogP contribution is 2.27. The molecule has 0 fully saturated rings. The number of nitrogens with zero attached hydrogens (tertiary/aromatic N) is 3. The Morgan fingerprint density at radius 3 is 2.68 bits per heavy atom. The Hall–Kier alpha value is -2.54. The van der Waals surface area contributed by atoms with Gasteiger partial charge in [0.25, 0.3) is 0 Å². The van der Waals surface area contributed by atoms with Gasteiger partial charge in [-0.15, -0.1) is 10.2 Å². The van der Waals surface area contributed by atoms with Crippen LogP contribution in [0.15, 0.2) is 52.2 Å². The summed E-state index contributed by atoms with van der Waals surface area (Å²) in [5.41, 5.74) is 0.650. The van der Waals surface area contributed by atoms with E-state index in [1.165, 1.54) is 11.8 Å². The number of benzene rings is 1. The van der Waals surface area contributed by atoms with Gasteiger partial charge in [0.1, 0.15) is 5.75 Å². The molecule has 7 heteroatoms. The molecule has 1 aromatic carbocycles. The van der Waals surface area contributed by atoms with Gasteiger partial charge in [0.2, 0.25) is 0 Å². The standard InChI is InChI=1S/C18H19N3O3S/c1-4-23-14-9-7-13(8-10-14)16(22)12(2)25-18-20-19-17(21(18)3)15-6-5-11-24-15/h5-12H,4H2,1-3H3/t12-/m1/s1. The average molecular weight is 357 g/mol. The second-order valence-corrected chi connectivity index (χ2v) is 6.73. The number of carbonyl (C=O) groups is 1. The SMILES string of the molecule is CCOc1ccc(C(=O)[C@@H](C)Sc2nnc(-c3ccco3)n2C)cc1. The summed E-state index contributed by atoms with van der Waals surface area (Å²) in [5, 5.41) is 8.69. The monoisotopic (exact) mass is 357 g/mol. The van der Waals surface area contributed by atoms with Crippen molar-refractivity contribution >= 4 is 17.5 Å². The Bertz CT molecular complexity index is 841. The maximum absolute atomic E-state index is 12.6. The van der Waals surface area contributed by atoms with Gasteiger partial charge in [0.05, 0.1) is 18.1 Å². The molecule has 2 aromatic heterocycles. The van der Waals surface area contributed by atoms with E-state index in [0.717, 1.165) is 5.75 Å². The molecule has 3 rings (SSSR count). The number of hydrogen-bond donors (Lipinski definition) is 0. The first-order valence-corrected chi connectivity index (χ1v) is 8.85. The van der Waals surface area contributed by atoms with Crippen LogP contribution in [0.2, 0.25) is 0 Å². The molecule has 6 nitrogen and oxygen atoms in total. The summed E-state index contributed by atoms with van der Waals surface area (Å²) in [6.45, 7) is 4.39. The van der Waals surface area contributed by atoms with E-state index in [2.05, 4.69) is 10.2 Å². The molecule has 0 aliphatic heterocycles. The molecule has 0 radical (unpaired) electrons. The summed E-state index contributed by atoms with van der Waals surface area (Å²) >= 11 is 1.37. The molecule has 0 unspecified atom stereocenters. The molecule has 0 bridgehead atoms. The van der Waals surface area contributed by atoms with Gasteiger partial charge in [0.15, 0.2) is 22.5 Å². The summed E-state index contributed by atoms with van der Waals surface area (Å²) in [6.07, 6.45) is 1.59. The van der Waals surface area contributed by atoms with E-state index in [-0.39, 0.29) is 11.0 Å². The van der Waals surface area contributed by atoms with Crippen molar-refractivity contribution in [2.45, 2.75) is 24.3 Å². The normalized spacial score (nSPS) is 12.1. The van der Waals surface area contributed by atoms with Crippen molar-refractivity contribution in [3.05, 3.63) is 48.2 Å². The van der Waals surface area contributed by atoms with Crippen LogP contribution in [0.25, 0.3) is 11.6 Å². The van der Waals surface area contributed by atoms with Crippen molar-refractivity contribution in [1.29, 1.82) is 0 Å². The van der Waals surface area contributed by atoms with E-state index in [0.29, 0.717) is 28.9 Å². The van der Waals surface area contributed by atoms with Crippen molar-refractivity contribution in [2.24, 2.45) is 7.05 Å². The van der Waals surface area contributed by atoms with Crippen molar-refractivity contribution in [3.63, 3.8) is 0 Å². The van der Waals surface area contributed by atoms with Gasteiger partial charge in [-0.25, -0.2) is 0 Å². The molecule has 0 amide bonds. The molecule has 2 heterocycles. The van der Waals surface area contributed by atoms with Crippen LogP contribution in [-0.2, 0) is 7.05 Å². The first kappa shape index (κ1) is 17.3. The molecule has 1 atom stereocenters. The molecular weight excluding hydrogens is 338 g/mol. The number of furan rings is 1. The topological polar surface area (TPSA) is 70.2 Å². The van der Waals surface area contributed by atoms with Crippen LogP contribution in [-0.4, -0.2) is 32.4 Å². The Kier molecular flexibility index (Phi) is 5.23. The largest absolute Gasteiger partial charge is 0.494 e. The lowest BCUT2D eigenvalue weighted by atomic mass is 10.1. The minimum atomic E-state index is -0.287. The Morgan fingerprint density at radius 2 is 2.04 bits per heavy atom. The van der Waals surface area contributed by atoms with E-state index in [1.54, 1.807) is 24.5 Å². The highest BCUT2D eigenvalue weighted by Gasteiger charge is 2.21. The van der Waals surface area contributed by atoms with Gasteiger partial charge >= 0.3 is 0 Å². The highest BCUT2D eigenvalue weighted by atomic mass is 32.2. The van der Waals surface area contributed by atoms with Gasteiger partial charge in [-0.2, -0.15) is 0 Å². The van der Waals surface area contributed by atoms with Crippen LogP contribution in [0.1, 0.15) is 24.2 Å². The van der Waals surface area contributed by atoms with Crippen LogP contribution in [0.4, 0.5) is 0 Å². The smallest absolute Gasteiger partial charge is 0.200 e. The van der Waals surface area contributed by atoms with Crippen LogP contribution in [0.3, 0.4) is 0 Å². The van der Waals surface area contributed by atoms with Crippen molar-refractivity contribution in [2.75, 3.05) is 6.61 Å². The van der Waals surface area contributed by atoms with E-state index < -0.39 is 0 Å². The second-order valence-electron chi connectivity index (χ2n) is 5.42. The zero-order valence-electron chi connectivity index (χ0n) is 14.3. The number of Topliss-reactive ketones (excluding diaryl/α,β-unsaturated/α-hetero) is 1. The number of ether oxygens (including phenoxy) is 1. The lowest BCUT2D eigenvalue weighted by Crippen LogP contribution is -2.14. The molecule has 0 saturated carbocycles. The molecule has 25 heavy (non-hydrogen) atoms.